The van der Waals surface area contributed by atoms with Gasteiger partial charge in [-0.2, -0.15) is 0 Å². The van der Waals surface area contributed by atoms with Crippen LogP contribution in [-0.4, -0.2) is 38.2 Å². The number of carbonyl (C=O) groups excluding carboxylic acids is 2. The summed E-state index contributed by atoms with van der Waals surface area (Å²) in [5, 5.41) is 3.01. The van der Waals surface area contributed by atoms with Crippen molar-refractivity contribution >= 4 is 28.9 Å². The van der Waals surface area contributed by atoms with Crippen LogP contribution in [0.1, 0.15) is 25.8 Å². The number of fused-ring (bicyclic) bond motifs is 1. The average Bonchev–Trinajstić information content (AvgIpc) is 3.36. The first-order valence-electron chi connectivity index (χ1n) is 10.4. The van der Waals surface area contributed by atoms with Gasteiger partial charge in [0.1, 0.15) is 0 Å². The van der Waals surface area contributed by atoms with Gasteiger partial charge < -0.3 is 24.6 Å². The summed E-state index contributed by atoms with van der Waals surface area (Å²) < 4.78 is 10.7. The van der Waals surface area contributed by atoms with Crippen LogP contribution >= 0.6 is 0 Å². The summed E-state index contributed by atoms with van der Waals surface area (Å²) in [7, 11) is 0. The molecule has 2 aromatic carbocycles. The first-order valence-corrected chi connectivity index (χ1v) is 10.4. The van der Waals surface area contributed by atoms with Crippen LogP contribution in [0.2, 0.25) is 0 Å². The molecule has 1 saturated heterocycles. The highest BCUT2D eigenvalue weighted by molar-refractivity contribution is 6.04. The van der Waals surface area contributed by atoms with Gasteiger partial charge in [-0.15, -0.1) is 0 Å². The highest BCUT2D eigenvalue weighted by Crippen LogP contribution is 2.37. The number of nitrogens with zero attached hydrogens (tertiary/aromatic N) is 2. The SMILES string of the molecule is CCN(CC)c1ccc(NC(=O)C2CC(=O)N(c3ccc4c(c3)OCO4)C2)c(C)c1. The molecule has 2 aliphatic rings. The molecule has 1 N–H and O–H groups in total. The Morgan fingerprint density at radius 3 is 2.63 bits per heavy atom. The van der Waals surface area contributed by atoms with Crippen molar-refractivity contribution in [3.05, 3.63) is 42.0 Å². The highest BCUT2D eigenvalue weighted by Gasteiger charge is 2.36. The second kappa shape index (κ2) is 8.26. The van der Waals surface area contributed by atoms with Crippen molar-refractivity contribution in [2.24, 2.45) is 5.92 Å². The van der Waals surface area contributed by atoms with Gasteiger partial charge in [0.05, 0.1) is 5.92 Å². The fraction of sp³-hybridized carbons (Fsp3) is 0.391. The van der Waals surface area contributed by atoms with E-state index in [9.17, 15) is 9.59 Å². The van der Waals surface area contributed by atoms with E-state index < -0.39 is 5.92 Å². The van der Waals surface area contributed by atoms with Gasteiger partial charge in [0.15, 0.2) is 11.5 Å². The zero-order chi connectivity index (χ0) is 21.3. The van der Waals surface area contributed by atoms with Gasteiger partial charge in [0.2, 0.25) is 18.6 Å². The van der Waals surface area contributed by atoms with Crippen LogP contribution in [0.15, 0.2) is 36.4 Å². The van der Waals surface area contributed by atoms with Gasteiger partial charge in [-0.05, 0) is 56.7 Å². The van der Waals surface area contributed by atoms with Crippen LogP contribution in [0.25, 0.3) is 0 Å². The Balaban J connectivity index is 1.44. The average molecular weight is 409 g/mol. The number of carbonyl (C=O) groups is 2. The van der Waals surface area contributed by atoms with Crippen LogP contribution in [0.5, 0.6) is 11.5 Å². The molecule has 1 unspecified atom stereocenters. The van der Waals surface area contributed by atoms with Gasteiger partial charge in [-0.1, -0.05) is 0 Å². The number of hydrogen-bond donors (Lipinski definition) is 1. The molecule has 2 amide bonds. The smallest absolute Gasteiger partial charge is 0.231 e. The minimum absolute atomic E-state index is 0.0670. The number of nitrogens with one attached hydrogen (secondary N) is 1. The number of hydrogen-bond acceptors (Lipinski definition) is 5. The van der Waals surface area contributed by atoms with Gasteiger partial charge >= 0.3 is 0 Å². The predicted octanol–water partition coefficient (Wildman–Crippen LogP) is 3.56. The van der Waals surface area contributed by atoms with Crippen LogP contribution in [0.4, 0.5) is 17.1 Å². The molecule has 2 heterocycles. The highest BCUT2D eigenvalue weighted by atomic mass is 16.7. The molecule has 4 rings (SSSR count). The Hall–Kier alpha value is -3.22. The minimum Gasteiger partial charge on any atom is -0.454 e. The van der Waals surface area contributed by atoms with Crippen LogP contribution in [-0.2, 0) is 9.59 Å². The topological polar surface area (TPSA) is 71.1 Å². The lowest BCUT2D eigenvalue weighted by atomic mass is 10.1. The van der Waals surface area contributed by atoms with Crippen molar-refractivity contribution in [2.75, 3.05) is 41.5 Å². The summed E-state index contributed by atoms with van der Waals surface area (Å²) in [6.45, 7) is 8.63. The third-order valence-corrected chi connectivity index (χ3v) is 5.76. The van der Waals surface area contributed by atoms with Gasteiger partial charge in [0.25, 0.3) is 0 Å². The summed E-state index contributed by atoms with van der Waals surface area (Å²) in [5.74, 6) is 0.693. The van der Waals surface area contributed by atoms with E-state index in [1.54, 1.807) is 17.0 Å². The molecule has 7 nitrogen and oxygen atoms in total. The van der Waals surface area contributed by atoms with E-state index in [0.717, 1.165) is 35.7 Å². The molecule has 30 heavy (non-hydrogen) atoms. The van der Waals surface area contributed by atoms with Crippen molar-refractivity contribution in [1.29, 1.82) is 0 Å². The Labute approximate surface area is 176 Å². The number of benzene rings is 2. The number of amides is 2. The zero-order valence-corrected chi connectivity index (χ0v) is 17.6. The maximum absolute atomic E-state index is 12.9. The molecule has 0 spiro atoms. The molecule has 1 atom stereocenters. The first-order chi connectivity index (χ1) is 14.5. The Kier molecular flexibility index (Phi) is 5.53. The van der Waals surface area contributed by atoms with E-state index >= 15 is 0 Å². The van der Waals surface area contributed by atoms with E-state index in [1.807, 2.05) is 25.1 Å². The van der Waals surface area contributed by atoms with Crippen molar-refractivity contribution in [1.82, 2.24) is 0 Å². The second-order valence-electron chi connectivity index (χ2n) is 7.60. The quantitative estimate of drug-likeness (QED) is 0.790. The lowest BCUT2D eigenvalue weighted by Gasteiger charge is -2.22. The van der Waals surface area contributed by atoms with Gasteiger partial charge in [-0.25, -0.2) is 0 Å². The fourth-order valence-electron chi connectivity index (χ4n) is 3.99. The maximum atomic E-state index is 12.9. The first kappa shape index (κ1) is 20.1. The summed E-state index contributed by atoms with van der Waals surface area (Å²) in [4.78, 5) is 29.3. The third-order valence-electron chi connectivity index (χ3n) is 5.76. The number of rotatable bonds is 6. The second-order valence-corrected chi connectivity index (χ2v) is 7.60. The van der Waals surface area contributed by atoms with Crippen molar-refractivity contribution in [2.45, 2.75) is 27.2 Å². The van der Waals surface area contributed by atoms with Crippen molar-refractivity contribution in [3.63, 3.8) is 0 Å². The summed E-state index contributed by atoms with van der Waals surface area (Å²) in [6.07, 6.45) is 0.191. The molecule has 0 bridgehead atoms. The number of anilines is 3. The normalized spacial score (nSPS) is 17.4. The molecule has 0 saturated carbocycles. The van der Waals surface area contributed by atoms with E-state index in [-0.39, 0.29) is 25.0 Å². The van der Waals surface area contributed by atoms with E-state index in [0.29, 0.717) is 18.0 Å². The molecular formula is C23H27N3O4. The van der Waals surface area contributed by atoms with E-state index in [2.05, 4.69) is 30.1 Å². The van der Waals surface area contributed by atoms with Gasteiger partial charge in [-0.3, -0.25) is 9.59 Å². The molecule has 7 heteroatoms. The van der Waals surface area contributed by atoms with E-state index in [4.69, 9.17) is 9.47 Å². The monoisotopic (exact) mass is 409 g/mol. The largest absolute Gasteiger partial charge is 0.454 e. The van der Waals surface area contributed by atoms with Crippen LogP contribution < -0.4 is 24.6 Å². The Bertz CT molecular complexity index is 971. The standard InChI is InChI=1S/C23H27N3O4/c1-4-25(5-2)17-6-8-19(15(3)10-17)24-23(28)16-11-22(27)26(13-16)18-7-9-20-21(12-18)30-14-29-20/h6-10,12,16H,4-5,11,13-14H2,1-3H3,(H,24,28). The van der Waals surface area contributed by atoms with Gasteiger partial charge in [0, 0.05) is 49.2 Å². The molecule has 0 aliphatic carbocycles. The Morgan fingerprint density at radius 2 is 1.90 bits per heavy atom. The molecule has 2 aromatic rings. The number of ether oxygens (including phenoxy) is 2. The zero-order valence-electron chi connectivity index (χ0n) is 17.6. The lowest BCUT2D eigenvalue weighted by Crippen LogP contribution is -2.28. The summed E-state index contributed by atoms with van der Waals surface area (Å²) in [5.41, 5.74) is 3.65. The molecular weight excluding hydrogens is 382 g/mol. The Morgan fingerprint density at radius 1 is 1.13 bits per heavy atom. The van der Waals surface area contributed by atoms with Crippen LogP contribution in [0, 0.1) is 12.8 Å². The minimum atomic E-state index is -0.398. The third kappa shape index (κ3) is 3.79. The molecule has 2 aliphatic heterocycles. The maximum Gasteiger partial charge on any atom is 0.231 e. The summed E-state index contributed by atoms with van der Waals surface area (Å²) >= 11 is 0. The van der Waals surface area contributed by atoms with E-state index in [1.165, 1.54) is 0 Å². The molecule has 1 fully saturated rings. The molecule has 0 radical (unpaired) electrons. The number of aryl methyl sites for hydroxylation is 1. The lowest BCUT2D eigenvalue weighted by molar-refractivity contribution is -0.122. The predicted molar refractivity (Wildman–Crippen MR) is 116 cm³/mol. The fourth-order valence-corrected chi connectivity index (χ4v) is 3.99. The summed E-state index contributed by atoms with van der Waals surface area (Å²) in [6, 6.07) is 11.4. The van der Waals surface area contributed by atoms with Crippen LogP contribution in [0.3, 0.4) is 0 Å². The van der Waals surface area contributed by atoms with Crippen molar-refractivity contribution < 1.29 is 19.1 Å². The molecule has 158 valence electrons. The molecule has 0 aromatic heterocycles. The van der Waals surface area contributed by atoms with Crippen molar-refractivity contribution in [3.8, 4) is 11.5 Å².